The van der Waals surface area contributed by atoms with E-state index < -0.39 is 12.1 Å². The number of hydrogen-bond acceptors (Lipinski definition) is 4. The average molecular weight is 295 g/mol. The minimum Gasteiger partial charge on any atom is -0.508 e. The van der Waals surface area contributed by atoms with Crippen molar-refractivity contribution in [2.75, 3.05) is 0 Å². The summed E-state index contributed by atoms with van der Waals surface area (Å²) in [6, 6.07) is 12.2. The van der Waals surface area contributed by atoms with Gasteiger partial charge in [-0.15, -0.1) is 0 Å². The molecule has 0 fully saturated rings. The highest BCUT2D eigenvalue weighted by atomic mass is 16.5. The van der Waals surface area contributed by atoms with Crippen molar-refractivity contribution in [3.8, 4) is 5.75 Å². The predicted octanol–water partition coefficient (Wildman–Crippen LogP) is 2.63. The minimum atomic E-state index is -0.632. The molecule has 3 N–H and O–H groups in total. The molecule has 1 aliphatic rings. The Labute approximate surface area is 125 Å². The Bertz CT molecular complexity index is 897. The summed E-state index contributed by atoms with van der Waals surface area (Å²) in [5.74, 6) is -0.346. The van der Waals surface area contributed by atoms with Crippen molar-refractivity contribution < 1.29 is 19.7 Å². The summed E-state index contributed by atoms with van der Waals surface area (Å²) in [5.41, 5.74) is 3.26. The number of aromatic amines is 1. The number of nitrogens with one attached hydrogen (secondary N) is 1. The lowest BCUT2D eigenvalue weighted by molar-refractivity contribution is 0.0454. The Balaban J connectivity index is 1.98. The van der Waals surface area contributed by atoms with Crippen molar-refractivity contribution in [2.24, 2.45) is 0 Å². The van der Waals surface area contributed by atoms with Crippen molar-refractivity contribution in [1.29, 1.82) is 0 Å². The molecule has 110 valence electrons. The number of phenols is 1. The third kappa shape index (κ3) is 1.72. The maximum Gasteiger partial charge on any atom is 0.339 e. The van der Waals surface area contributed by atoms with Crippen LogP contribution in [0.15, 0.2) is 42.5 Å². The monoisotopic (exact) mass is 295 g/mol. The molecule has 0 saturated heterocycles. The van der Waals surface area contributed by atoms with Gasteiger partial charge in [-0.3, -0.25) is 0 Å². The Kier molecular flexibility index (Phi) is 2.71. The predicted molar refractivity (Wildman–Crippen MR) is 79.6 cm³/mol. The lowest BCUT2D eigenvalue weighted by Crippen LogP contribution is -2.03. The molecule has 5 nitrogen and oxygen atoms in total. The summed E-state index contributed by atoms with van der Waals surface area (Å²) in [6.07, 6.45) is -0.632. The first-order valence-electron chi connectivity index (χ1n) is 6.93. The number of carbonyl (C=O) groups is 1. The number of esters is 1. The molecule has 2 aromatic carbocycles. The number of aromatic nitrogens is 1. The maximum atomic E-state index is 12.0. The smallest absolute Gasteiger partial charge is 0.339 e. The Morgan fingerprint density at radius 3 is 2.82 bits per heavy atom. The van der Waals surface area contributed by atoms with Crippen LogP contribution in [0.4, 0.5) is 0 Å². The number of carbonyl (C=O) groups excluding carboxylic acids is 1. The summed E-state index contributed by atoms with van der Waals surface area (Å²) in [5, 5.41) is 20.2. The van der Waals surface area contributed by atoms with Crippen LogP contribution in [0.3, 0.4) is 0 Å². The molecule has 1 aromatic heterocycles. The highest BCUT2D eigenvalue weighted by Crippen LogP contribution is 2.41. The second kappa shape index (κ2) is 4.61. The molecule has 0 spiro atoms. The average Bonchev–Trinajstić information content (AvgIpc) is 3.04. The van der Waals surface area contributed by atoms with Crippen LogP contribution in [0.1, 0.15) is 33.3 Å². The van der Waals surface area contributed by atoms with Gasteiger partial charge in [0, 0.05) is 27.7 Å². The van der Waals surface area contributed by atoms with E-state index >= 15 is 0 Å². The SMILES string of the molecule is O=C1OC(c2c(CO)[nH]c3ccccc23)c2cc(O)ccc21. The van der Waals surface area contributed by atoms with E-state index in [2.05, 4.69) is 4.98 Å². The van der Waals surface area contributed by atoms with Crippen LogP contribution >= 0.6 is 0 Å². The fourth-order valence-corrected chi connectivity index (χ4v) is 3.04. The van der Waals surface area contributed by atoms with Gasteiger partial charge < -0.3 is 19.9 Å². The Hall–Kier alpha value is -2.79. The van der Waals surface area contributed by atoms with E-state index in [1.54, 1.807) is 6.07 Å². The number of benzene rings is 2. The third-order valence-electron chi connectivity index (χ3n) is 4.01. The van der Waals surface area contributed by atoms with E-state index in [0.29, 0.717) is 16.8 Å². The molecule has 1 unspecified atom stereocenters. The van der Waals surface area contributed by atoms with Crippen LogP contribution in [0, 0.1) is 0 Å². The molecule has 0 bridgehead atoms. The summed E-state index contributed by atoms with van der Waals surface area (Å²) in [6.45, 7) is -0.188. The van der Waals surface area contributed by atoms with Gasteiger partial charge in [-0.25, -0.2) is 4.79 Å². The molecule has 0 radical (unpaired) electrons. The number of ether oxygens (including phenoxy) is 1. The second-order valence-corrected chi connectivity index (χ2v) is 5.28. The van der Waals surface area contributed by atoms with Gasteiger partial charge in [0.1, 0.15) is 5.75 Å². The molecule has 1 aliphatic heterocycles. The van der Waals surface area contributed by atoms with E-state index in [1.165, 1.54) is 12.1 Å². The first-order valence-corrected chi connectivity index (χ1v) is 6.93. The zero-order valence-electron chi connectivity index (χ0n) is 11.5. The first-order chi connectivity index (χ1) is 10.7. The van der Waals surface area contributed by atoms with Crippen LogP contribution in [-0.4, -0.2) is 21.2 Å². The van der Waals surface area contributed by atoms with Crippen LogP contribution in [-0.2, 0) is 11.3 Å². The van der Waals surface area contributed by atoms with Gasteiger partial charge in [0.05, 0.1) is 12.2 Å². The molecular weight excluding hydrogens is 282 g/mol. The lowest BCUT2D eigenvalue weighted by atomic mass is 9.96. The number of phenolic OH excluding ortho intramolecular Hbond substituents is 1. The number of aliphatic hydroxyl groups is 1. The molecule has 0 aliphatic carbocycles. The molecular formula is C17H13NO4. The summed E-state index contributed by atoms with van der Waals surface area (Å²) >= 11 is 0. The molecule has 1 atom stereocenters. The Morgan fingerprint density at radius 1 is 1.18 bits per heavy atom. The number of fused-ring (bicyclic) bond motifs is 2. The van der Waals surface area contributed by atoms with Crippen LogP contribution in [0.25, 0.3) is 10.9 Å². The second-order valence-electron chi connectivity index (χ2n) is 5.28. The zero-order chi connectivity index (χ0) is 15.3. The number of aromatic hydroxyl groups is 1. The first kappa shape index (κ1) is 12.9. The molecule has 3 aromatic rings. The normalized spacial score (nSPS) is 16.8. The van der Waals surface area contributed by atoms with E-state index in [-0.39, 0.29) is 12.4 Å². The Morgan fingerprint density at radius 2 is 2.00 bits per heavy atom. The van der Waals surface area contributed by atoms with Gasteiger partial charge in [0.25, 0.3) is 0 Å². The van der Waals surface area contributed by atoms with Gasteiger partial charge in [-0.1, -0.05) is 18.2 Å². The van der Waals surface area contributed by atoms with Gasteiger partial charge >= 0.3 is 5.97 Å². The van der Waals surface area contributed by atoms with Gasteiger partial charge in [0.15, 0.2) is 6.10 Å². The van der Waals surface area contributed by atoms with Gasteiger partial charge in [-0.2, -0.15) is 0 Å². The fourth-order valence-electron chi connectivity index (χ4n) is 3.04. The van der Waals surface area contributed by atoms with E-state index in [9.17, 15) is 15.0 Å². The van der Waals surface area contributed by atoms with Crippen molar-refractivity contribution >= 4 is 16.9 Å². The number of aliphatic hydroxyl groups excluding tert-OH is 1. The van der Waals surface area contributed by atoms with Crippen molar-refractivity contribution in [3.05, 3.63) is 64.8 Å². The summed E-state index contributed by atoms with van der Waals surface area (Å²) in [7, 11) is 0. The summed E-state index contributed by atoms with van der Waals surface area (Å²) < 4.78 is 5.50. The largest absolute Gasteiger partial charge is 0.508 e. The van der Waals surface area contributed by atoms with E-state index in [0.717, 1.165) is 16.5 Å². The number of para-hydroxylation sites is 1. The van der Waals surface area contributed by atoms with Crippen molar-refractivity contribution in [2.45, 2.75) is 12.7 Å². The molecule has 5 heteroatoms. The van der Waals surface area contributed by atoms with Crippen molar-refractivity contribution in [1.82, 2.24) is 4.98 Å². The fraction of sp³-hybridized carbons (Fsp3) is 0.118. The summed E-state index contributed by atoms with van der Waals surface area (Å²) in [4.78, 5) is 15.2. The lowest BCUT2D eigenvalue weighted by Gasteiger charge is -2.12. The van der Waals surface area contributed by atoms with Crippen LogP contribution < -0.4 is 0 Å². The third-order valence-corrected chi connectivity index (χ3v) is 4.01. The van der Waals surface area contributed by atoms with Gasteiger partial charge in [-0.05, 0) is 24.3 Å². The van der Waals surface area contributed by atoms with E-state index in [4.69, 9.17) is 4.74 Å². The zero-order valence-corrected chi connectivity index (χ0v) is 11.5. The number of H-pyrrole nitrogens is 1. The number of cyclic esters (lactones) is 1. The van der Waals surface area contributed by atoms with E-state index in [1.807, 2.05) is 24.3 Å². The van der Waals surface area contributed by atoms with Crippen LogP contribution in [0.5, 0.6) is 5.75 Å². The number of hydrogen-bond donors (Lipinski definition) is 3. The van der Waals surface area contributed by atoms with Gasteiger partial charge in [0.2, 0.25) is 0 Å². The molecule has 4 rings (SSSR count). The number of rotatable bonds is 2. The molecule has 0 amide bonds. The standard InChI is InChI=1S/C17H13NO4/c19-8-14-15(11-3-1-2-4-13(11)18-14)16-12-7-9(20)5-6-10(12)17(21)22-16/h1-7,16,18-20H,8H2. The topological polar surface area (TPSA) is 82.5 Å². The van der Waals surface area contributed by atoms with Crippen LogP contribution in [0.2, 0.25) is 0 Å². The highest BCUT2D eigenvalue weighted by molar-refractivity contribution is 5.96. The molecule has 2 heterocycles. The minimum absolute atomic E-state index is 0.0763. The molecule has 0 saturated carbocycles. The molecule has 22 heavy (non-hydrogen) atoms. The quantitative estimate of drug-likeness (QED) is 0.635. The highest BCUT2D eigenvalue weighted by Gasteiger charge is 2.35. The maximum absolute atomic E-state index is 12.0. The van der Waals surface area contributed by atoms with Crippen molar-refractivity contribution in [3.63, 3.8) is 0 Å².